The highest BCUT2D eigenvalue weighted by molar-refractivity contribution is 6.11. The number of fused-ring (bicyclic) bond motifs is 12. The van der Waals surface area contributed by atoms with E-state index in [-0.39, 0.29) is 21.7 Å². The van der Waals surface area contributed by atoms with Crippen molar-refractivity contribution in [2.24, 2.45) is 0 Å². The van der Waals surface area contributed by atoms with Gasteiger partial charge in [-0.25, -0.2) is 0 Å². The highest BCUT2D eigenvalue weighted by Gasteiger charge is 2.39. The van der Waals surface area contributed by atoms with E-state index in [0.717, 1.165) is 61.4 Å². The molecule has 2 aliphatic rings. The molecule has 1 heterocycles. The first kappa shape index (κ1) is 47.1. The van der Waals surface area contributed by atoms with Crippen LogP contribution in [0, 0.1) is 0 Å². The van der Waals surface area contributed by atoms with Crippen molar-refractivity contribution in [3.05, 3.63) is 240 Å². The zero-order chi connectivity index (χ0) is 52.9. The van der Waals surface area contributed by atoms with E-state index in [1.165, 1.54) is 82.6 Å². The van der Waals surface area contributed by atoms with E-state index >= 15 is 0 Å². The van der Waals surface area contributed by atoms with Crippen LogP contribution in [0.25, 0.3) is 76.5 Å². The van der Waals surface area contributed by atoms with Crippen molar-refractivity contribution in [1.29, 1.82) is 0 Å². The lowest BCUT2D eigenvalue weighted by Gasteiger charge is -2.29. The van der Waals surface area contributed by atoms with Gasteiger partial charge in [0, 0.05) is 61.8 Å². The van der Waals surface area contributed by atoms with Crippen molar-refractivity contribution in [2.45, 2.75) is 90.9 Å². The Kier molecular flexibility index (Phi) is 10.1. The molecule has 0 spiro atoms. The average Bonchev–Trinajstić information content (AvgIpc) is 4.00. The molecule has 376 valence electrons. The largest absolute Gasteiger partial charge is 0.456 e. The Hall–Kier alpha value is -8.40. The molecule has 0 N–H and O–H groups in total. The summed E-state index contributed by atoms with van der Waals surface area (Å²) < 4.78 is 6.99. The molecular formula is C74H64N2O. The van der Waals surface area contributed by atoms with E-state index in [2.05, 4.69) is 285 Å². The second kappa shape index (κ2) is 16.6. The Bertz CT molecular complexity index is 4220. The molecule has 14 rings (SSSR count). The minimum Gasteiger partial charge on any atom is -0.456 e. The maximum absolute atomic E-state index is 6.99. The lowest BCUT2D eigenvalue weighted by molar-refractivity contribution is 0.584. The van der Waals surface area contributed by atoms with E-state index in [4.69, 9.17) is 4.42 Å². The molecule has 1 aromatic heterocycles. The second-order valence-electron chi connectivity index (χ2n) is 25.1. The van der Waals surface area contributed by atoms with Gasteiger partial charge < -0.3 is 14.2 Å². The van der Waals surface area contributed by atoms with Crippen molar-refractivity contribution < 1.29 is 4.42 Å². The summed E-state index contributed by atoms with van der Waals surface area (Å²) in [5, 5.41) is 9.36. The summed E-state index contributed by atoms with van der Waals surface area (Å²) in [7, 11) is 0. The lowest BCUT2D eigenvalue weighted by Crippen LogP contribution is -2.18. The van der Waals surface area contributed by atoms with Gasteiger partial charge in [0.25, 0.3) is 0 Å². The number of hydrogen-bond acceptors (Lipinski definition) is 3. The van der Waals surface area contributed by atoms with Gasteiger partial charge in [0.15, 0.2) is 0 Å². The van der Waals surface area contributed by atoms with E-state index in [1.54, 1.807) is 0 Å². The van der Waals surface area contributed by atoms with Gasteiger partial charge >= 0.3 is 0 Å². The van der Waals surface area contributed by atoms with Gasteiger partial charge in [-0.2, -0.15) is 0 Å². The number of furan rings is 1. The standard InChI is InChI=1S/C74H64N2O/c1-71(2,3)51-22-30-59-61-32-27-56(42-67(61)73(7,8)65(59)40-51)75(53-24-19-45-15-11-13-17-47(45)35-53)55-26-21-49-38-64-63-34-29-58(44-70(63)77-69(64)39-50(49)37-55)76(54-25-20-46-16-12-14-18-48(46)36-54)57-28-33-62-60-31-23-52(72(4,5)6)41-66(60)74(9,10)68(62)43-57/h11-44H,1-10H3. The molecule has 0 bridgehead atoms. The quantitative estimate of drug-likeness (QED) is 0.166. The van der Waals surface area contributed by atoms with Crippen molar-refractivity contribution in [1.82, 2.24) is 0 Å². The molecule has 11 aromatic carbocycles. The van der Waals surface area contributed by atoms with Crippen molar-refractivity contribution in [2.75, 3.05) is 9.80 Å². The molecule has 0 fully saturated rings. The minimum atomic E-state index is -0.171. The Balaban J connectivity index is 0.879. The van der Waals surface area contributed by atoms with E-state index in [9.17, 15) is 0 Å². The zero-order valence-corrected chi connectivity index (χ0v) is 45.9. The molecule has 2 aliphatic carbocycles. The minimum absolute atomic E-state index is 0.0646. The molecule has 0 saturated carbocycles. The van der Waals surface area contributed by atoms with E-state index in [0.29, 0.717) is 0 Å². The smallest absolute Gasteiger partial charge is 0.137 e. The van der Waals surface area contributed by atoms with Gasteiger partial charge in [-0.05, 0) is 184 Å². The fraction of sp³-hybridized carbons (Fsp3) is 0.189. The van der Waals surface area contributed by atoms with Crippen LogP contribution in [-0.2, 0) is 21.7 Å². The first-order chi connectivity index (χ1) is 36.9. The van der Waals surface area contributed by atoms with Gasteiger partial charge in [-0.3, -0.25) is 0 Å². The summed E-state index contributed by atoms with van der Waals surface area (Å²) in [6.07, 6.45) is 0. The van der Waals surface area contributed by atoms with Gasteiger partial charge in [0.1, 0.15) is 11.2 Å². The van der Waals surface area contributed by atoms with Crippen LogP contribution in [0.4, 0.5) is 34.1 Å². The third-order valence-electron chi connectivity index (χ3n) is 17.5. The Labute approximate surface area is 453 Å². The topological polar surface area (TPSA) is 19.6 Å². The van der Waals surface area contributed by atoms with Crippen LogP contribution < -0.4 is 9.80 Å². The molecule has 0 unspecified atom stereocenters. The molecule has 0 atom stereocenters. The number of anilines is 6. The molecule has 0 amide bonds. The molecule has 12 aromatic rings. The number of nitrogens with zero attached hydrogens (tertiary/aromatic N) is 2. The fourth-order valence-electron chi connectivity index (χ4n) is 13.0. The molecule has 3 heteroatoms. The second-order valence-corrected chi connectivity index (χ2v) is 25.1. The summed E-state index contributed by atoms with van der Waals surface area (Å²) in [6, 6.07) is 77.6. The summed E-state index contributed by atoms with van der Waals surface area (Å²) in [6.45, 7) is 23.4. The maximum atomic E-state index is 6.99. The zero-order valence-electron chi connectivity index (χ0n) is 45.9. The molecule has 0 aliphatic heterocycles. The van der Waals surface area contributed by atoms with E-state index in [1.807, 2.05) is 0 Å². The molecule has 3 nitrogen and oxygen atoms in total. The predicted molar refractivity (Wildman–Crippen MR) is 328 cm³/mol. The maximum Gasteiger partial charge on any atom is 0.137 e. The first-order valence-electron chi connectivity index (χ1n) is 27.5. The SMILES string of the molecule is CC(C)(C)c1ccc2c(c1)C(C)(C)c1cc(N(c3ccc4ccccc4c3)c3ccc4cc5c(cc4c3)oc3cc(N(c4ccc6c(c4)C(C)(C)c4cc(C(C)(C)C)ccc4-6)c4ccc6ccccc6c4)ccc35)ccc1-2. The highest BCUT2D eigenvalue weighted by atomic mass is 16.3. The van der Waals surface area contributed by atoms with E-state index < -0.39 is 0 Å². The first-order valence-corrected chi connectivity index (χ1v) is 27.5. The lowest BCUT2D eigenvalue weighted by atomic mass is 9.79. The van der Waals surface area contributed by atoms with Gasteiger partial charge in [0.05, 0.1) is 0 Å². The summed E-state index contributed by atoms with van der Waals surface area (Å²) in [5.74, 6) is 0. The Morgan fingerprint density at radius 2 is 0.649 bits per heavy atom. The van der Waals surface area contributed by atoms with Crippen LogP contribution in [0.5, 0.6) is 0 Å². The predicted octanol–water partition coefficient (Wildman–Crippen LogP) is 21.2. The van der Waals surface area contributed by atoms with Crippen LogP contribution in [0.1, 0.15) is 103 Å². The fourth-order valence-corrected chi connectivity index (χ4v) is 13.0. The highest BCUT2D eigenvalue weighted by Crippen LogP contribution is 2.54. The average molecular weight is 997 g/mol. The summed E-state index contributed by atoms with van der Waals surface area (Å²) in [5.41, 5.74) is 21.7. The molecule has 0 radical (unpaired) electrons. The number of rotatable bonds is 6. The van der Waals surface area contributed by atoms with Crippen LogP contribution in [0.2, 0.25) is 0 Å². The third kappa shape index (κ3) is 7.45. The summed E-state index contributed by atoms with van der Waals surface area (Å²) in [4.78, 5) is 4.84. The molecule has 77 heavy (non-hydrogen) atoms. The van der Waals surface area contributed by atoms with Gasteiger partial charge in [0.2, 0.25) is 0 Å². The molecule has 0 saturated heterocycles. The third-order valence-corrected chi connectivity index (χ3v) is 17.5. The van der Waals surface area contributed by atoms with Crippen molar-refractivity contribution in [3.63, 3.8) is 0 Å². The van der Waals surface area contributed by atoms with Crippen LogP contribution in [0.15, 0.2) is 211 Å². The van der Waals surface area contributed by atoms with Gasteiger partial charge in [-0.15, -0.1) is 0 Å². The van der Waals surface area contributed by atoms with Crippen molar-refractivity contribution in [3.8, 4) is 22.3 Å². The number of benzene rings is 11. The molecular weight excluding hydrogens is 933 g/mol. The monoisotopic (exact) mass is 997 g/mol. The number of hydrogen-bond donors (Lipinski definition) is 0. The van der Waals surface area contributed by atoms with Crippen LogP contribution in [-0.4, -0.2) is 0 Å². The van der Waals surface area contributed by atoms with Gasteiger partial charge in [-0.1, -0.05) is 184 Å². The van der Waals surface area contributed by atoms with Crippen molar-refractivity contribution >= 4 is 88.4 Å². The summed E-state index contributed by atoms with van der Waals surface area (Å²) >= 11 is 0. The van der Waals surface area contributed by atoms with Crippen LogP contribution >= 0.6 is 0 Å². The van der Waals surface area contributed by atoms with Crippen LogP contribution in [0.3, 0.4) is 0 Å². The Morgan fingerprint density at radius 3 is 1.13 bits per heavy atom. The normalized spacial score (nSPS) is 14.3. The Morgan fingerprint density at radius 1 is 0.299 bits per heavy atom.